The molecule has 0 aliphatic carbocycles. The molecule has 2 aromatic rings. The van der Waals surface area contributed by atoms with Gasteiger partial charge in [0.15, 0.2) is 0 Å². The summed E-state index contributed by atoms with van der Waals surface area (Å²) in [5.41, 5.74) is 1.74. The Bertz CT molecular complexity index is 508. The van der Waals surface area contributed by atoms with E-state index in [-0.39, 0.29) is 5.56 Å². The van der Waals surface area contributed by atoms with Crippen LogP contribution < -0.4 is 5.56 Å². The molecule has 0 spiro atoms. The summed E-state index contributed by atoms with van der Waals surface area (Å²) in [4.78, 5) is 11.4. The summed E-state index contributed by atoms with van der Waals surface area (Å²) in [6.07, 6.45) is 0. The third-order valence-corrected chi connectivity index (χ3v) is 2.00. The topological polar surface area (TPSA) is 35.1 Å². The molecule has 3 heteroatoms. The molecule has 0 bridgehead atoms. The molecule has 0 fully saturated rings. The molecule has 0 amide bonds. The van der Waals surface area contributed by atoms with Crippen molar-refractivity contribution in [1.82, 2.24) is 4.74 Å². The smallest absolute Gasteiger partial charge is 0.287 e. The van der Waals surface area contributed by atoms with Crippen molar-refractivity contribution in [3.05, 3.63) is 52.0 Å². The van der Waals surface area contributed by atoms with Gasteiger partial charge in [-0.3, -0.25) is 4.79 Å². The van der Waals surface area contributed by atoms with E-state index in [0.29, 0.717) is 5.76 Å². The highest BCUT2D eigenvalue weighted by molar-refractivity contribution is 5.33. The van der Waals surface area contributed by atoms with Gasteiger partial charge in [-0.15, -0.1) is 4.74 Å². The predicted octanol–water partition coefficient (Wildman–Crippen LogP) is 2.05. The number of rotatable bonds is 1. The third-order valence-electron chi connectivity index (χ3n) is 2.00. The first-order chi connectivity index (χ1) is 6.66. The van der Waals surface area contributed by atoms with Crippen molar-refractivity contribution in [3.8, 4) is 5.69 Å². The standard InChI is InChI=1S/C11H11NO2/c1-8-4-3-5-10(6-8)12-11(13)7-9(2)14-12/h3-7H,1-2H3. The summed E-state index contributed by atoms with van der Waals surface area (Å²) in [5, 5.41) is 0. The molecule has 1 aromatic carbocycles. The SMILES string of the molecule is Cc1cccc(-n2oc(C)cc2=O)c1. The number of hydrogen-bond acceptors (Lipinski definition) is 2. The van der Waals surface area contributed by atoms with Gasteiger partial charge < -0.3 is 4.52 Å². The largest absolute Gasteiger partial charge is 0.376 e. The van der Waals surface area contributed by atoms with Gasteiger partial charge in [-0.25, -0.2) is 0 Å². The maximum Gasteiger partial charge on any atom is 0.287 e. The van der Waals surface area contributed by atoms with Gasteiger partial charge in [0, 0.05) is 6.07 Å². The molecule has 0 aliphatic rings. The molecule has 0 aliphatic heterocycles. The number of benzene rings is 1. The monoisotopic (exact) mass is 189 g/mol. The molecular formula is C11H11NO2. The Kier molecular flexibility index (Phi) is 2.00. The van der Waals surface area contributed by atoms with Crippen molar-refractivity contribution in [2.24, 2.45) is 0 Å². The fourth-order valence-corrected chi connectivity index (χ4v) is 1.38. The molecule has 14 heavy (non-hydrogen) atoms. The number of hydrogen-bond donors (Lipinski definition) is 0. The zero-order chi connectivity index (χ0) is 10.1. The molecule has 0 unspecified atom stereocenters. The van der Waals surface area contributed by atoms with Crippen LogP contribution in [0.5, 0.6) is 0 Å². The minimum Gasteiger partial charge on any atom is -0.376 e. The predicted molar refractivity (Wildman–Crippen MR) is 53.8 cm³/mol. The van der Waals surface area contributed by atoms with Gasteiger partial charge >= 0.3 is 0 Å². The van der Waals surface area contributed by atoms with Crippen molar-refractivity contribution >= 4 is 0 Å². The fraction of sp³-hybridized carbons (Fsp3) is 0.182. The van der Waals surface area contributed by atoms with Crippen LogP contribution in [0.15, 0.2) is 39.6 Å². The van der Waals surface area contributed by atoms with Gasteiger partial charge in [0.25, 0.3) is 5.56 Å². The highest BCUT2D eigenvalue weighted by Crippen LogP contribution is 2.08. The van der Waals surface area contributed by atoms with E-state index >= 15 is 0 Å². The van der Waals surface area contributed by atoms with E-state index in [9.17, 15) is 4.79 Å². The van der Waals surface area contributed by atoms with E-state index in [1.165, 1.54) is 10.8 Å². The van der Waals surface area contributed by atoms with Crippen molar-refractivity contribution in [2.75, 3.05) is 0 Å². The summed E-state index contributed by atoms with van der Waals surface area (Å²) < 4.78 is 6.55. The Morgan fingerprint density at radius 2 is 2.00 bits per heavy atom. The molecule has 0 N–H and O–H groups in total. The lowest BCUT2D eigenvalue weighted by atomic mass is 10.2. The highest BCUT2D eigenvalue weighted by atomic mass is 16.5. The summed E-state index contributed by atoms with van der Waals surface area (Å²) in [6.45, 7) is 3.73. The lowest BCUT2D eigenvalue weighted by Gasteiger charge is -2.00. The van der Waals surface area contributed by atoms with Crippen LogP contribution in [0.1, 0.15) is 11.3 Å². The first-order valence-electron chi connectivity index (χ1n) is 4.44. The lowest BCUT2D eigenvalue weighted by Crippen LogP contribution is -2.10. The highest BCUT2D eigenvalue weighted by Gasteiger charge is 2.04. The van der Waals surface area contributed by atoms with Crippen LogP contribution in [-0.2, 0) is 0 Å². The molecule has 0 atom stereocenters. The average Bonchev–Trinajstić information content (AvgIpc) is 2.45. The molecule has 0 saturated heterocycles. The van der Waals surface area contributed by atoms with Crippen molar-refractivity contribution in [1.29, 1.82) is 0 Å². The number of aromatic nitrogens is 1. The fourth-order valence-electron chi connectivity index (χ4n) is 1.38. The van der Waals surface area contributed by atoms with E-state index in [1.54, 1.807) is 6.92 Å². The van der Waals surface area contributed by atoms with Gasteiger partial charge in [0.2, 0.25) is 0 Å². The Hall–Kier alpha value is -1.77. The Morgan fingerprint density at radius 3 is 2.57 bits per heavy atom. The summed E-state index contributed by atoms with van der Waals surface area (Å²) in [6, 6.07) is 9.10. The summed E-state index contributed by atoms with van der Waals surface area (Å²) >= 11 is 0. The maximum atomic E-state index is 11.4. The Balaban J connectivity index is 2.60. The molecule has 2 rings (SSSR count). The Labute approximate surface area is 81.6 Å². The minimum atomic E-state index is -0.131. The average molecular weight is 189 g/mol. The number of aryl methyl sites for hydroxylation is 2. The van der Waals surface area contributed by atoms with Crippen LogP contribution in [-0.4, -0.2) is 4.74 Å². The van der Waals surface area contributed by atoms with Gasteiger partial charge in [-0.2, -0.15) is 0 Å². The van der Waals surface area contributed by atoms with Gasteiger partial charge in [0.1, 0.15) is 5.76 Å². The molecule has 72 valence electrons. The normalized spacial score (nSPS) is 10.4. The zero-order valence-corrected chi connectivity index (χ0v) is 8.15. The summed E-state index contributed by atoms with van der Waals surface area (Å²) in [7, 11) is 0. The van der Waals surface area contributed by atoms with Crippen molar-refractivity contribution in [2.45, 2.75) is 13.8 Å². The quantitative estimate of drug-likeness (QED) is 0.688. The van der Waals surface area contributed by atoms with Gasteiger partial charge in [0.05, 0.1) is 5.69 Å². The molecule has 0 radical (unpaired) electrons. The van der Waals surface area contributed by atoms with E-state index in [4.69, 9.17) is 4.52 Å². The second kappa shape index (κ2) is 3.18. The first kappa shape index (κ1) is 8.81. The van der Waals surface area contributed by atoms with Crippen molar-refractivity contribution in [3.63, 3.8) is 0 Å². The minimum absolute atomic E-state index is 0.131. The first-order valence-corrected chi connectivity index (χ1v) is 4.44. The van der Waals surface area contributed by atoms with Crippen LogP contribution in [0.4, 0.5) is 0 Å². The van der Waals surface area contributed by atoms with Crippen LogP contribution in [0.3, 0.4) is 0 Å². The van der Waals surface area contributed by atoms with Gasteiger partial charge in [-0.1, -0.05) is 12.1 Å². The number of nitrogens with zero attached hydrogens (tertiary/aromatic N) is 1. The van der Waals surface area contributed by atoms with E-state index < -0.39 is 0 Å². The zero-order valence-electron chi connectivity index (χ0n) is 8.15. The second-order valence-corrected chi connectivity index (χ2v) is 3.32. The van der Waals surface area contributed by atoms with E-state index in [0.717, 1.165) is 11.3 Å². The molecule has 1 aromatic heterocycles. The van der Waals surface area contributed by atoms with Crippen LogP contribution in [0, 0.1) is 13.8 Å². The second-order valence-electron chi connectivity index (χ2n) is 3.32. The van der Waals surface area contributed by atoms with Crippen LogP contribution in [0.2, 0.25) is 0 Å². The third kappa shape index (κ3) is 1.48. The van der Waals surface area contributed by atoms with Gasteiger partial charge in [-0.05, 0) is 31.5 Å². The van der Waals surface area contributed by atoms with Crippen LogP contribution >= 0.6 is 0 Å². The van der Waals surface area contributed by atoms with E-state index in [1.807, 2.05) is 31.2 Å². The molecular weight excluding hydrogens is 178 g/mol. The molecule has 3 nitrogen and oxygen atoms in total. The summed E-state index contributed by atoms with van der Waals surface area (Å²) in [5.74, 6) is 0.622. The van der Waals surface area contributed by atoms with Crippen LogP contribution in [0.25, 0.3) is 5.69 Å². The van der Waals surface area contributed by atoms with E-state index in [2.05, 4.69) is 0 Å². The molecule has 0 saturated carbocycles. The van der Waals surface area contributed by atoms with Crippen molar-refractivity contribution < 1.29 is 4.52 Å². The lowest BCUT2D eigenvalue weighted by molar-refractivity contribution is 0.322. The Morgan fingerprint density at radius 1 is 1.21 bits per heavy atom. The maximum absolute atomic E-state index is 11.4. The molecule has 1 heterocycles.